The Morgan fingerprint density at radius 3 is 2.25 bits per heavy atom. The lowest BCUT2D eigenvalue weighted by molar-refractivity contribution is -0.131. The van der Waals surface area contributed by atoms with Crippen LogP contribution in [0.25, 0.3) is 0 Å². The monoisotopic (exact) mass is 171 g/mol. The SMILES string of the molecule is CCCN(CC(C)C)C(=O)CC. The number of hydrogen-bond acceptors (Lipinski definition) is 1. The van der Waals surface area contributed by atoms with Crippen molar-refractivity contribution in [2.75, 3.05) is 13.1 Å². The molecule has 0 aliphatic rings. The van der Waals surface area contributed by atoms with Gasteiger partial charge in [-0.3, -0.25) is 4.79 Å². The van der Waals surface area contributed by atoms with E-state index >= 15 is 0 Å². The minimum atomic E-state index is 0.283. The van der Waals surface area contributed by atoms with Crippen LogP contribution in [0.2, 0.25) is 0 Å². The lowest BCUT2D eigenvalue weighted by Crippen LogP contribution is -2.34. The Labute approximate surface area is 75.9 Å². The molecular weight excluding hydrogens is 150 g/mol. The molecule has 0 saturated heterocycles. The summed E-state index contributed by atoms with van der Waals surface area (Å²) in [6.07, 6.45) is 1.69. The van der Waals surface area contributed by atoms with Gasteiger partial charge in [0, 0.05) is 19.5 Å². The maximum absolute atomic E-state index is 11.4. The maximum Gasteiger partial charge on any atom is 0.222 e. The second-order valence-corrected chi connectivity index (χ2v) is 3.59. The van der Waals surface area contributed by atoms with Crippen LogP contribution in [0.1, 0.15) is 40.5 Å². The molecule has 0 heterocycles. The Balaban J connectivity index is 3.94. The summed E-state index contributed by atoms with van der Waals surface area (Å²) in [5.41, 5.74) is 0. The molecule has 0 fully saturated rings. The average Bonchev–Trinajstić information content (AvgIpc) is 2.01. The summed E-state index contributed by atoms with van der Waals surface area (Å²) < 4.78 is 0. The zero-order chi connectivity index (χ0) is 9.56. The molecule has 0 radical (unpaired) electrons. The van der Waals surface area contributed by atoms with Crippen molar-refractivity contribution < 1.29 is 4.79 Å². The Hall–Kier alpha value is -0.530. The lowest BCUT2D eigenvalue weighted by Gasteiger charge is -2.23. The van der Waals surface area contributed by atoms with Crippen LogP contribution in [0.4, 0.5) is 0 Å². The molecule has 0 saturated carbocycles. The highest BCUT2D eigenvalue weighted by molar-refractivity contribution is 5.75. The predicted molar refractivity (Wildman–Crippen MR) is 52.0 cm³/mol. The van der Waals surface area contributed by atoms with Crippen molar-refractivity contribution in [3.63, 3.8) is 0 Å². The van der Waals surface area contributed by atoms with E-state index in [1.54, 1.807) is 0 Å². The molecule has 0 aliphatic heterocycles. The van der Waals surface area contributed by atoms with Crippen LogP contribution in [0, 0.1) is 5.92 Å². The zero-order valence-corrected chi connectivity index (χ0v) is 8.76. The number of hydrogen-bond donors (Lipinski definition) is 0. The summed E-state index contributed by atoms with van der Waals surface area (Å²) in [6.45, 7) is 10.1. The number of carbonyl (C=O) groups is 1. The van der Waals surface area contributed by atoms with E-state index in [0.29, 0.717) is 12.3 Å². The molecule has 2 nitrogen and oxygen atoms in total. The summed E-state index contributed by atoms with van der Waals surface area (Å²) in [6, 6.07) is 0. The third kappa shape index (κ3) is 4.37. The zero-order valence-electron chi connectivity index (χ0n) is 8.76. The molecule has 72 valence electrons. The fourth-order valence-corrected chi connectivity index (χ4v) is 1.25. The second-order valence-electron chi connectivity index (χ2n) is 3.59. The van der Waals surface area contributed by atoms with Crippen molar-refractivity contribution in [2.24, 2.45) is 5.92 Å². The smallest absolute Gasteiger partial charge is 0.222 e. The molecule has 0 unspecified atom stereocenters. The number of amides is 1. The first-order valence-corrected chi connectivity index (χ1v) is 4.89. The largest absolute Gasteiger partial charge is 0.342 e. The van der Waals surface area contributed by atoms with Crippen molar-refractivity contribution in [1.29, 1.82) is 0 Å². The van der Waals surface area contributed by atoms with Gasteiger partial charge in [-0.2, -0.15) is 0 Å². The Morgan fingerprint density at radius 2 is 1.92 bits per heavy atom. The Kier molecular flexibility index (Phi) is 5.77. The first-order chi connectivity index (χ1) is 5.61. The van der Waals surface area contributed by atoms with Gasteiger partial charge in [0.25, 0.3) is 0 Å². The first kappa shape index (κ1) is 11.5. The van der Waals surface area contributed by atoms with E-state index in [9.17, 15) is 4.79 Å². The minimum Gasteiger partial charge on any atom is -0.342 e. The van der Waals surface area contributed by atoms with Crippen LogP contribution in [-0.4, -0.2) is 23.9 Å². The minimum absolute atomic E-state index is 0.283. The number of rotatable bonds is 5. The van der Waals surface area contributed by atoms with Crippen molar-refractivity contribution in [3.05, 3.63) is 0 Å². The van der Waals surface area contributed by atoms with E-state index in [0.717, 1.165) is 19.5 Å². The van der Waals surface area contributed by atoms with Gasteiger partial charge >= 0.3 is 0 Å². The van der Waals surface area contributed by atoms with E-state index in [1.807, 2.05) is 11.8 Å². The van der Waals surface area contributed by atoms with Crippen LogP contribution in [-0.2, 0) is 4.79 Å². The molecule has 0 rings (SSSR count). The molecule has 12 heavy (non-hydrogen) atoms. The van der Waals surface area contributed by atoms with Gasteiger partial charge in [0.2, 0.25) is 5.91 Å². The highest BCUT2D eigenvalue weighted by Crippen LogP contribution is 2.02. The van der Waals surface area contributed by atoms with Crippen molar-refractivity contribution in [1.82, 2.24) is 4.90 Å². The topological polar surface area (TPSA) is 20.3 Å². The highest BCUT2D eigenvalue weighted by Gasteiger charge is 2.10. The van der Waals surface area contributed by atoms with Gasteiger partial charge < -0.3 is 4.90 Å². The third-order valence-corrected chi connectivity index (χ3v) is 1.73. The molecule has 0 aromatic carbocycles. The van der Waals surface area contributed by atoms with Gasteiger partial charge in [0.05, 0.1) is 0 Å². The van der Waals surface area contributed by atoms with Crippen LogP contribution in [0.3, 0.4) is 0 Å². The Bertz CT molecular complexity index is 132. The molecule has 0 aliphatic carbocycles. The van der Waals surface area contributed by atoms with Gasteiger partial charge in [0.1, 0.15) is 0 Å². The molecular formula is C10H21NO. The summed E-state index contributed by atoms with van der Waals surface area (Å²) in [7, 11) is 0. The predicted octanol–water partition coefficient (Wildman–Crippen LogP) is 2.29. The van der Waals surface area contributed by atoms with Crippen molar-refractivity contribution >= 4 is 5.91 Å². The first-order valence-electron chi connectivity index (χ1n) is 4.89. The van der Waals surface area contributed by atoms with Gasteiger partial charge in [-0.1, -0.05) is 27.7 Å². The van der Waals surface area contributed by atoms with E-state index in [1.165, 1.54) is 0 Å². The van der Waals surface area contributed by atoms with E-state index in [-0.39, 0.29) is 5.91 Å². The van der Waals surface area contributed by atoms with Crippen molar-refractivity contribution in [2.45, 2.75) is 40.5 Å². The fourth-order valence-electron chi connectivity index (χ4n) is 1.25. The molecule has 0 bridgehead atoms. The van der Waals surface area contributed by atoms with Crippen LogP contribution >= 0.6 is 0 Å². The summed E-state index contributed by atoms with van der Waals surface area (Å²) in [4.78, 5) is 13.3. The van der Waals surface area contributed by atoms with Gasteiger partial charge in [-0.05, 0) is 12.3 Å². The van der Waals surface area contributed by atoms with Crippen LogP contribution in [0.15, 0.2) is 0 Å². The summed E-state index contributed by atoms with van der Waals surface area (Å²) in [5.74, 6) is 0.859. The molecule has 1 amide bonds. The van der Waals surface area contributed by atoms with Gasteiger partial charge in [-0.15, -0.1) is 0 Å². The van der Waals surface area contributed by atoms with E-state index < -0.39 is 0 Å². The Morgan fingerprint density at radius 1 is 1.33 bits per heavy atom. The second kappa shape index (κ2) is 6.04. The summed E-state index contributed by atoms with van der Waals surface area (Å²) >= 11 is 0. The van der Waals surface area contributed by atoms with Crippen molar-refractivity contribution in [3.8, 4) is 0 Å². The molecule has 0 aromatic rings. The number of nitrogens with zero attached hydrogens (tertiary/aromatic N) is 1. The van der Waals surface area contributed by atoms with E-state index in [2.05, 4.69) is 20.8 Å². The fraction of sp³-hybridized carbons (Fsp3) is 0.900. The molecule has 0 atom stereocenters. The molecule has 2 heteroatoms. The summed E-state index contributed by atoms with van der Waals surface area (Å²) in [5, 5.41) is 0. The van der Waals surface area contributed by atoms with Crippen LogP contribution < -0.4 is 0 Å². The van der Waals surface area contributed by atoms with Crippen LogP contribution in [0.5, 0.6) is 0 Å². The molecule has 0 aromatic heterocycles. The lowest BCUT2D eigenvalue weighted by atomic mass is 10.2. The molecule has 0 N–H and O–H groups in total. The van der Waals surface area contributed by atoms with Gasteiger partial charge in [0.15, 0.2) is 0 Å². The third-order valence-electron chi connectivity index (χ3n) is 1.73. The molecule has 0 spiro atoms. The van der Waals surface area contributed by atoms with Gasteiger partial charge in [-0.25, -0.2) is 0 Å². The average molecular weight is 171 g/mol. The standard InChI is InChI=1S/C10H21NO/c1-5-7-11(8-9(3)4)10(12)6-2/h9H,5-8H2,1-4H3. The normalized spacial score (nSPS) is 10.4. The number of carbonyl (C=O) groups excluding carboxylic acids is 1. The maximum atomic E-state index is 11.4. The quantitative estimate of drug-likeness (QED) is 0.621. The highest BCUT2D eigenvalue weighted by atomic mass is 16.2. The van der Waals surface area contributed by atoms with E-state index in [4.69, 9.17) is 0 Å².